The van der Waals surface area contributed by atoms with Crippen LogP contribution < -0.4 is 4.90 Å². The largest absolute Gasteiger partial charge is 0.310 e. The highest BCUT2D eigenvalue weighted by atomic mass is 32.1. The zero-order valence-corrected chi connectivity index (χ0v) is 30.9. The van der Waals surface area contributed by atoms with Gasteiger partial charge in [-0.15, -0.1) is 11.3 Å². The van der Waals surface area contributed by atoms with Crippen molar-refractivity contribution in [2.24, 2.45) is 0 Å². The zero-order chi connectivity index (χ0) is 35.8. The van der Waals surface area contributed by atoms with Gasteiger partial charge in [-0.2, -0.15) is 0 Å². The predicted octanol–water partition coefficient (Wildman–Crippen LogP) is 14.2. The lowest BCUT2D eigenvalue weighted by Gasteiger charge is -2.33. The summed E-state index contributed by atoms with van der Waals surface area (Å²) in [6, 6.07) is 66.4. The van der Waals surface area contributed by atoms with E-state index in [0.29, 0.717) is 0 Å². The van der Waals surface area contributed by atoms with Gasteiger partial charge < -0.3 is 4.90 Å². The van der Waals surface area contributed by atoms with Crippen LogP contribution in [0.25, 0.3) is 53.6 Å². The molecule has 9 aromatic rings. The molecule has 0 amide bonds. The summed E-state index contributed by atoms with van der Waals surface area (Å²) < 4.78 is 2.62. The lowest BCUT2D eigenvalue weighted by Crippen LogP contribution is -2.26. The minimum absolute atomic E-state index is 0.107. The van der Waals surface area contributed by atoms with E-state index in [1.807, 2.05) is 11.3 Å². The Morgan fingerprint density at radius 3 is 1.61 bits per heavy atom. The molecule has 3 aliphatic carbocycles. The molecule has 0 radical (unpaired) electrons. The quantitative estimate of drug-likeness (QED) is 0.177. The van der Waals surface area contributed by atoms with Gasteiger partial charge in [0.25, 0.3) is 0 Å². The van der Waals surface area contributed by atoms with Crippen molar-refractivity contribution in [2.75, 3.05) is 4.90 Å². The molecular formula is C52H35NS. The van der Waals surface area contributed by atoms with Gasteiger partial charge in [0.2, 0.25) is 0 Å². The standard InChI is InChI=1S/C52H35NS/c1-51(2)41-19-8-6-18-40(41)50-45(51)23-13-24-47(50)53(33-27-29-39-38-17-7-12-25-48(38)54-49(39)31-33)32-26-28-37-36-16-5-11-22-44(36)52(46(37)30-32)42-20-9-3-14-34(42)35-15-4-10-21-43(35)52/h3-31H,1-2H3. The number of hydrogen-bond donors (Lipinski definition) is 0. The Kier molecular flexibility index (Phi) is 5.99. The average Bonchev–Trinajstić information content (AvgIpc) is 3.90. The second-order valence-electron chi connectivity index (χ2n) is 15.6. The van der Waals surface area contributed by atoms with Gasteiger partial charge in [-0.05, 0) is 97.6 Å². The van der Waals surface area contributed by atoms with Gasteiger partial charge in [-0.1, -0.05) is 153 Å². The van der Waals surface area contributed by atoms with Crippen molar-refractivity contribution in [3.05, 3.63) is 209 Å². The highest BCUT2D eigenvalue weighted by molar-refractivity contribution is 7.25. The second-order valence-corrected chi connectivity index (χ2v) is 16.7. The highest BCUT2D eigenvalue weighted by Crippen LogP contribution is 2.64. The van der Waals surface area contributed by atoms with E-state index in [1.165, 1.54) is 104 Å². The van der Waals surface area contributed by atoms with Crippen LogP contribution in [-0.2, 0) is 10.8 Å². The summed E-state index contributed by atoms with van der Waals surface area (Å²) in [7, 11) is 0. The van der Waals surface area contributed by atoms with Crippen LogP contribution in [0.1, 0.15) is 47.2 Å². The van der Waals surface area contributed by atoms with E-state index in [2.05, 4.69) is 195 Å². The smallest absolute Gasteiger partial charge is 0.0726 e. The Morgan fingerprint density at radius 1 is 0.389 bits per heavy atom. The summed E-state index contributed by atoms with van der Waals surface area (Å²) in [5, 5.41) is 2.63. The topological polar surface area (TPSA) is 3.24 Å². The molecule has 0 bridgehead atoms. The first kappa shape index (κ1) is 30.3. The third-order valence-electron chi connectivity index (χ3n) is 12.7. The maximum atomic E-state index is 2.55. The molecule has 0 unspecified atom stereocenters. The lowest BCUT2D eigenvalue weighted by molar-refractivity contribution is 0.660. The molecular weight excluding hydrogens is 671 g/mol. The van der Waals surface area contributed by atoms with Crippen molar-refractivity contribution in [3.8, 4) is 33.4 Å². The normalized spacial score (nSPS) is 14.8. The molecule has 3 aliphatic rings. The van der Waals surface area contributed by atoms with Gasteiger partial charge in [0, 0.05) is 42.5 Å². The van der Waals surface area contributed by atoms with Gasteiger partial charge >= 0.3 is 0 Å². The summed E-state index contributed by atoms with van der Waals surface area (Å²) >= 11 is 1.88. The second kappa shape index (κ2) is 10.7. The summed E-state index contributed by atoms with van der Waals surface area (Å²) in [5.74, 6) is 0. The molecule has 0 N–H and O–H groups in total. The number of hydrogen-bond acceptors (Lipinski definition) is 2. The van der Waals surface area contributed by atoms with Crippen molar-refractivity contribution < 1.29 is 0 Å². The van der Waals surface area contributed by atoms with E-state index in [0.717, 1.165) is 0 Å². The molecule has 0 fully saturated rings. The Morgan fingerprint density at radius 2 is 0.907 bits per heavy atom. The molecule has 1 aromatic heterocycles. The molecule has 1 nitrogen and oxygen atoms in total. The molecule has 0 aliphatic heterocycles. The summed E-state index contributed by atoms with van der Waals surface area (Å²) in [4.78, 5) is 2.55. The Bertz CT molecular complexity index is 2990. The Labute approximate surface area is 319 Å². The van der Waals surface area contributed by atoms with Crippen molar-refractivity contribution in [2.45, 2.75) is 24.7 Å². The fourth-order valence-electron chi connectivity index (χ4n) is 10.4. The monoisotopic (exact) mass is 705 g/mol. The minimum atomic E-state index is -0.413. The molecule has 8 aromatic carbocycles. The van der Waals surface area contributed by atoms with Gasteiger partial charge in [0.15, 0.2) is 0 Å². The van der Waals surface area contributed by atoms with Crippen LogP contribution in [0.5, 0.6) is 0 Å². The van der Waals surface area contributed by atoms with E-state index in [4.69, 9.17) is 0 Å². The van der Waals surface area contributed by atoms with E-state index < -0.39 is 5.41 Å². The lowest BCUT2D eigenvalue weighted by atomic mass is 9.70. The number of rotatable bonds is 3. The number of nitrogens with zero attached hydrogens (tertiary/aromatic N) is 1. The number of benzene rings is 8. The predicted molar refractivity (Wildman–Crippen MR) is 228 cm³/mol. The van der Waals surface area contributed by atoms with Gasteiger partial charge in [0.1, 0.15) is 0 Å². The minimum Gasteiger partial charge on any atom is -0.310 e. The van der Waals surface area contributed by atoms with Crippen LogP contribution in [0.2, 0.25) is 0 Å². The van der Waals surface area contributed by atoms with E-state index >= 15 is 0 Å². The number of thiophene rings is 1. The Balaban J connectivity index is 1.17. The molecule has 0 atom stereocenters. The summed E-state index contributed by atoms with van der Waals surface area (Å²) in [6.45, 7) is 4.75. The summed E-state index contributed by atoms with van der Waals surface area (Å²) in [5.41, 5.74) is 19.2. The first-order valence-corrected chi connectivity index (χ1v) is 19.8. The number of fused-ring (bicyclic) bond motifs is 16. The molecule has 2 heteroatoms. The van der Waals surface area contributed by atoms with Crippen molar-refractivity contribution >= 4 is 48.6 Å². The molecule has 0 saturated carbocycles. The molecule has 12 rings (SSSR count). The first-order chi connectivity index (χ1) is 26.5. The fourth-order valence-corrected chi connectivity index (χ4v) is 11.6. The fraction of sp³-hybridized carbons (Fsp3) is 0.0769. The zero-order valence-electron chi connectivity index (χ0n) is 30.1. The summed E-state index contributed by atoms with van der Waals surface area (Å²) in [6.07, 6.45) is 0. The molecule has 54 heavy (non-hydrogen) atoms. The van der Waals surface area contributed by atoms with Crippen LogP contribution in [0.15, 0.2) is 176 Å². The van der Waals surface area contributed by atoms with Crippen molar-refractivity contribution in [3.63, 3.8) is 0 Å². The first-order valence-electron chi connectivity index (χ1n) is 18.9. The Hall–Kier alpha value is -6.22. The molecule has 254 valence electrons. The van der Waals surface area contributed by atoms with Crippen LogP contribution in [0.4, 0.5) is 17.1 Å². The van der Waals surface area contributed by atoms with Gasteiger partial charge in [0.05, 0.1) is 11.1 Å². The third-order valence-corrected chi connectivity index (χ3v) is 13.8. The SMILES string of the molecule is CC1(C)c2ccccc2-c2c(N(c3ccc4c(c3)C3(c5ccccc5-c5ccccc53)c3ccccc3-4)c3ccc4c(c3)sc3ccccc34)cccc21. The van der Waals surface area contributed by atoms with Crippen molar-refractivity contribution in [1.82, 2.24) is 0 Å². The van der Waals surface area contributed by atoms with Crippen LogP contribution in [0.3, 0.4) is 0 Å². The molecule has 1 heterocycles. The average molecular weight is 706 g/mol. The maximum absolute atomic E-state index is 2.55. The number of anilines is 3. The van der Waals surface area contributed by atoms with Crippen LogP contribution in [-0.4, -0.2) is 0 Å². The van der Waals surface area contributed by atoms with E-state index in [9.17, 15) is 0 Å². The van der Waals surface area contributed by atoms with Crippen molar-refractivity contribution in [1.29, 1.82) is 0 Å². The third kappa shape index (κ3) is 3.73. The van der Waals surface area contributed by atoms with Crippen LogP contribution >= 0.6 is 11.3 Å². The van der Waals surface area contributed by atoms with E-state index in [1.54, 1.807) is 0 Å². The molecule has 0 saturated heterocycles. The molecule has 1 spiro atoms. The highest BCUT2D eigenvalue weighted by Gasteiger charge is 2.51. The van der Waals surface area contributed by atoms with E-state index in [-0.39, 0.29) is 5.41 Å². The van der Waals surface area contributed by atoms with Gasteiger partial charge in [-0.25, -0.2) is 0 Å². The maximum Gasteiger partial charge on any atom is 0.0726 e. The van der Waals surface area contributed by atoms with Gasteiger partial charge in [-0.3, -0.25) is 0 Å². The van der Waals surface area contributed by atoms with Crippen LogP contribution in [0, 0.1) is 0 Å².